The summed E-state index contributed by atoms with van der Waals surface area (Å²) in [7, 11) is 0. The predicted octanol–water partition coefficient (Wildman–Crippen LogP) is 1.50. The molecule has 1 fully saturated rings. The fraction of sp³-hybridized carbons (Fsp3) is 0.364. The summed E-state index contributed by atoms with van der Waals surface area (Å²) in [5, 5.41) is 4.81. The summed E-state index contributed by atoms with van der Waals surface area (Å²) in [5.74, 6) is -0.167. The van der Waals surface area contributed by atoms with E-state index in [4.69, 9.17) is 22.2 Å². The van der Waals surface area contributed by atoms with E-state index < -0.39 is 0 Å². The normalized spacial score (nSPS) is 16.1. The Hall–Kier alpha value is -1.30. The second-order valence-corrected chi connectivity index (χ2v) is 4.24. The largest absolute Gasteiger partial charge is 0.399 e. The van der Waals surface area contributed by atoms with Gasteiger partial charge in [0.25, 0.3) is 0 Å². The topological polar surface area (TPSA) is 67.6 Å². The number of halogens is 1. The van der Waals surface area contributed by atoms with Gasteiger partial charge in [0.2, 0.25) is 5.91 Å². The molecule has 0 spiro atoms. The van der Waals surface area contributed by atoms with Gasteiger partial charge in [-0.1, -0.05) is 11.6 Å². The minimum absolute atomic E-state index is 0.167. The van der Waals surface area contributed by atoms with E-state index in [0.717, 1.165) is 13.0 Å². The Kier molecular flexibility index (Phi) is 3.83. The number of nitrogens with one attached hydrogen (secondary N) is 1. The van der Waals surface area contributed by atoms with Crippen LogP contribution in [0, 0.1) is 0 Å². The van der Waals surface area contributed by atoms with Crippen molar-refractivity contribution in [1.82, 2.24) is 5.06 Å². The van der Waals surface area contributed by atoms with E-state index in [2.05, 4.69) is 5.32 Å². The molecule has 1 aromatic carbocycles. The van der Waals surface area contributed by atoms with Gasteiger partial charge in [-0.2, -0.15) is 5.06 Å². The van der Waals surface area contributed by atoms with E-state index >= 15 is 0 Å². The number of hydrogen-bond donors (Lipinski definition) is 2. The monoisotopic (exact) mass is 255 g/mol. The molecule has 0 saturated carbocycles. The van der Waals surface area contributed by atoms with Gasteiger partial charge in [0.15, 0.2) is 0 Å². The maximum atomic E-state index is 11.7. The van der Waals surface area contributed by atoms with Crippen molar-refractivity contribution >= 4 is 28.9 Å². The molecule has 1 aromatic rings. The van der Waals surface area contributed by atoms with Gasteiger partial charge in [-0.25, -0.2) is 0 Å². The van der Waals surface area contributed by atoms with Crippen molar-refractivity contribution in [3.63, 3.8) is 0 Å². The van der Waals surface area contributed by atoms with Crippen molar-refractivity contribution in [2.75, 3.05) is 30.7 Å². The maximum Gasteiger partial charge on any atom is 0.241 e. The first-order valence-corrected chi connectivity index (χ1v) is 5.76. The highest BCUT2D eigenvalue weighted by Crippen LogP contribution is 2.24. The van der Waals surface area contributed by atoms with Gasteiger partial charge in [0.1, 0.15) is 6.54 Å². The molecule has 1 aliphatic heterocycles. The number of anilines is 2. The summed E-state index contributed by atoms with van der Waals surface area (Å²) < 4.78 is 0. The highest BCUT2D eigenvalue weighted by molar-refractivity contribution is 6.33. The van der Waals surface area contributed by atoms with E-state index in [1.54, 1.807) is 23.3 Å². The van der Waals surface area contributed by atoms with Gasteiger partial charge in [-0.05, 0) is 24.6 Å². The fourth-order valence-corrected chi connectivity index (χ4v) is 1.78. The fourth-order valence-electron chi connectivity index (χ4n) is 1.61. The van der Waals surface area contributed by atoms with Gasteiger partial charge in [-0.15, -0.1) is 0 Å². The molecule has 92 valence electrons. The van der Waals surface area contributed by atoms with Crippen LogP contribution >= 0.6 is 11.6 Å². The summed E-state index contributed by atoms with van der Waals surface area (Å²) in [6, 6.07) is 4.96. The predicted molar refractivity (Wildman–Crippen MR) is 66.6 cm³/mol. The molecule has 0 aromatic heterocycles. The first-order chi connectivity index (χ1) is 8.15. The second kappa shape index (κ2) is 5.35. The third-order valence-corrected chi connectivity index (χ3v) is 2.74. The lowest BCUT2D eigenvalue weighted by molar-refractivity contribution is -0.137. The number of benzene rings is 1. The van der Waals surface area contributed by atoms with Crippen LogP contribution in [0.2, 0.25) is 5.02 Å². The molecule has 3 N–H and O–H groups in total. The van der Waals surface area contributed by atoms with Gasteiger partial charge >= 0.3 is 0 Å². The summed E-state index contributed by atoms with van der Waals surface area (Å²) in [6.07, 6.45) is 0.951. The van der Waals surface area contributed by atoms with E-state index in [0.29, 0.717) is 23.0 Å². The Morgan fingerprint density at radius 1 is 1.59 bits per heavy atom. The summed E-state index contributed by atoms with van der Waals surface area (Å²) in [6.45, 7) is 1.65. The molecular weight excluding hydrogens is 242 g/mol. The van der Waals surface area contributed by atoms with Crippen LogP contribution in [-0.2, 0) is 9.63 Å². The number of rotatable bonds is 3. The lowest BCUT2D eigenvalue weighted by Crippen LogP contribution is -2.30. The van der Waals surface area contributed by atoms with Crippen LogP contribution in [0.3, 0.4) is 0 Å². The third kappa shape index (κ3) is 3.33. The van der Waals surface area contributed by atoms with Gasteiger partial charge in [0, 0.05) is 12.2 Å². The molecule has 2 rings (SSSR count). The zero-order valence-electron chi connectivity index (χ0n) is 9.28. The average molecular weight is 256 g/mol. The molecule has 1 amide bonds. The maximum absolute atomic E-state index is 11.7. The summed E-state index contributed by atoms with van der Waals surface area (Å²) >= 11 is 5.94. The van der Waals surface area contributed by atoms with E-state index in [9.17, 15) is 4.79 Å². The highest BCUT2D eigenvalue weighted by atomic mass is 35.5. The van der Waals surface area contributed by atoms with Crippen LogP contribution < -0.4 is 11.1 Å². The first kappa shape index (κ1) is 12.2. The Bertz CT molecular complexity index is 419. The Morgan fingerprint density at radius 2 is 2.41 bits per heavy atom. The quantitative estimate of drug-likeness (QED) is 0.804. The molecular formula is C11H14ClN3O2. The molecule has 0 atom stereocenters. The Balaban J connectivity index is 1.95. The molecule has 1 saturated heterocycles. The van der Waals surface area contributed by atoms with Crippen LogP contribution in [0.15, 0.2) is 18.2 Å². The number of hydroxylamine groups is 2. The lowest BCUT2D eigenvalue weighted by atomic mass is 10.3. The zero-order valence-corrected chi connectivity index (χ0v) is 10.0. The minimum Gasteiger partial charge on any atom is -0.399 e. The molecule has 17 heavy (non-hydrogen) atoms. The standard InChI is InChI=1S/C11H14ClN3O2/c12-9-3-2-8(13)6-10(9)14-11(16)7-15-4-1-5-17-15/h2-3,6H,1,4-5,7,13H2,(H,14,16). The van der Waals surface area contributed by atoms with Crippen LogP contribution in [0.5, 0.6) is 0 Å². The van der Waals surface area contributed by atoms with Crippen molar-refractivity contribution in [2.24, 2.45) is 0 Å². The van der Waals surface area contributed by atoms with Crippen molar-refractivity contribution in [3.05, 3.63) is 23.2 Å². The number of nitrogens with zero attached hydrogens (tertiary/aromatic N) is 1. The van der Waals surface area contributed by atoms with E-state index in [1.807, 2.05) is 0 Å². The van der Waals surface area contributed by atoms with Crippen LogP contribution in [-0.4, -0.2) is 30.7 Å². The van der Waals surface area contributed by atoms with E-state index in [1.165, 1.54) is 0 Å². The molecule has 0 radical (unpaired) electrons. The van der Waals surface area contributed by atoms with Crippen molar-refractivity contribution in [1.29, 1.82) is 0 Å². The highest BCUT2D eigenvalue weighted by Gasteiger charge is 2.16. The minimum atomic E-state index is -0.167. The van der Waals surface area contributed by atoms with Crippen LogP contribution in [0.25, 0.3) is 0 Å². The Labute approximate surface area is 104 Å². The van der Waals surface area contributed by atoms with E-state index in [-0.39, 0.29) is 12.5 Å². The number of carbonyl (C=O) groups excluding carboxylic acids is 1. The van der Waals surface area contributed by atoms with Gasteiger partial charge in [0.05, 0.1) is 17.3 Å². The SMILES string of the molecule is Nc1ccc(Cl)c(NC(=O)CN2CCCO2)c1. The average Bonchev–Trinajstić information content (AvgIpc) is 2.76. The number of nitrogens with two attached hydrogens (primary N) is 1. The number of nitrogen functional groups attached to an aromatic ring is 1. The zero-order chi connectivity index (χ0) is 12.3. The molecule has 0 aliphatic carbocycles. The molecule has 0 unspecified atom stereocenters. The molecule has 0 bridgehead atoms. The molecule has 6 heteroatoms. The van der Waals surface area contributed by atoms with Crippen molar-refractivity contribution in [3.8, 4) is 0 Å². The molecule has 1 aliphatic rings. The van der Waals surface area contributed by atoms with Crippen LogP contribution in [0.4, 0.5) is 11.4 Å². The Morgan fingerprint density at radius 3 is 3.12 bits per heavy atom. The van der Waals surface area contributed by atoms with Crippen LogP contribution in [0.1, 0.15) is 6.42 Å². The number of hydrogen-bond acceptors (Lipinski definition) is 4. The third-order valence-electron chi connectivity index (χ3n) is 2.41. The van der Waals surface area contributed by atoms with Crippen molar-refractivity contribution < 1.29 is 9.63 Å². The number of carbonyl (C=O) groups is 1. The first-order valence-electron chi connectivity index (χ1n) is 5.38. The van der Waals surface area contributed by atoms with Gasteiger partial charge < -0.3 is 11.1 Å². The number of amides is 1. The summed E-state index contributed by atoms with van der Waals surface area (Å²) in [5.41, 5.74) is 6.70. The van der Waals surface area contributed by atoms with Gasteiger partial charge in [-0.3, -0.25) is 9.63 Å². The van der Waals surface area contributed by atoms with Crippen molar-refractivity contribution in [2.45, 2.75) is 6.42 Å². The molecule has 5 nitrogen and oxygen atoms in total. The smallest absolute Gasteiger partial charge is 0.241 e. The summed E-state index contributed by atoms with van der Waals surface area (Å²) in [4.78, 5) is 16.9. The second-order valence-electron chi connectivity index (χ2n) is 3.84. The lowest BCUT2D eigenvalue weighted by Gasteiger charge is -2.14. The molecule has 1 heterocycles.